The first kappa shape index (κ1) is 23.9. The Morgan fingerprint density at radius 3 is 2.69 bits per heavy atom. The molecule has 0 amide bonds. The summed E-state index contributed by atoms with van der Waals surface area (Å²) in [5, 5.41) is 3.50. The zero-order valence-corrected chi connectivity index (χ0v) is 19.5. The number of para-hydroxylation sites is 2. The van der Waals surface area contributed by atoms with E-state index in [0.29, 0.717) is 13.0 Å². The third-order valence-electron chi connectivity index (χ3n) is 5.68. The molecule has 2 aromatic rings. The number of methoxy groups -OCH3 is 1. The van der Waals surface area contributed by atoms with Crippen LogP contribution in [0.15, 0.2) is 48.5 Å². The molecule has 1 N–H and O–H groups in total. The lowest BCUT2D eigenvalue weighted by atomic mass is 10.1. The molecule has 1 heterocycles. The van der Waals surface area contributed by atoms with Crippen molar-refractivity contribution in [1.29, 1.82) is 0 Å². The predicted octanol–water partition coefficient (Wildman–Crippen LogP) is 4.68. The number of ether oxygens (including phenoxy) is 3. The summed E-state index contributed by atoms with van der Waals surface area (Å²) < 4.78 is 16.5. The highest BCUT2D eigenvalue weighted by molar-refractivity contribution is 5.75. The van der Waals surface area contributed by atoms with Crippen LogP contribution in [0.4, 0.5) is 11.4 Å². The number of carbonyl (C=O) groups is 1. The van der Waals surface area contributed by atoms with Crippen LogP contribution in [-0.2, 0) is 20.7 Å². The Balaban J connectivity index is 1.47. The summed E-state index contributed by atoms with van der Waals surface area (Å²) in [5.41, 5.74) is 3.31. The molecule has 6 nitrogen and oxygen atoms in total. The van der Waals surface area contributed by atoms with Crippen LogP contribution in [0.2, 0.25) is 0 Å². The Morgan fingerprint density at radius 2 is 1.97 bits per heavy atom. The molecule has 0 fully saturated rings. The minimum Gasteiger partial charge on any atom is -0.486 e. The molecule has 1 aliphatic rings. The summed E-state index contributed by atoms with van der Waals surface area (Å²) in [6.07, 6.45) is 3.44. The summed E-state index contributed by atoms with van der Waals surface area (Å²) in [5.74, 6) is 0.681. The quantitative estimate of drug-likeness (QED) is 0.382. The molecular formula is C26H36N2O4. The lowest BCUT2D eigenvalue weighted by molar-refractivity contribution is -0.154. The van der Waals surface area contributed by atoms with Gasteiger partial charge in [-0.05, 0) is 49.6 Å². The van der Waals surface area contributed by atoms with Gasteiger partial charge in [-0.3, -0.25) is 0 Å². The molecule has 1 unspecified atom stereocenters. The van der Waals surface area contributed by atoms with Crippen LogP contribution in [0.5, 0.6) is 5.75 Å². The van der Waals surface area contributed by atoms with Crippen molar-refractivity contribution >= 4 is 17.3 Å². The molecule has 2 aromatic carbocycles. The normalized spacial score (nSPS) is 16.1. The highest BCUT2D eigenvalue weighted by Gasteiger charge is 2.24. The maximum atomic E-state index is 11.9. The van der Waals surface area contributed by atoms with Crippen LogP contribution in [-0.4, -0.2) is 51.5 Å². The van der Waals surface area contributed by atoms with Crippen molar-refractivity contribution < 1.29 is 19.0 Å². The van der Waals surface area contributed by atoms with E-state index < -0.39 is 6.10 Å². The van der Waals surface area contributed by atoms with Crippen LogP contribution in [0.3, 0.4) is 0 Å². The molecule has 0 aromatic heterocycles. The first-order valence-corrected chi connectivity index (χ1v) is 11.7. The van der Waals surface area contributed by atoms with Gasteiger partial charge in [0.25, 0.3) is 0 Å². The number of anilines is 2. The maximum absolute atomic E-state index is 11.9. The number of esters is 1. The highest BCUT2D eigenvalue weighted by atomic mass is 16.6. The van der Waals surface area contributed by atoms with Crippen LogP contribution in [0.25, 0.3) is 0 Å². The summed E-state index contributed by atoms with van der Waals surface area (Å²) in [6, 6.07) is 16.5. The van der Waals surface area contributed by atoms with Gasteiger partial charge in [0.15, 0.2) is 6.10 Å². The number of rotatable bonds is 12. The number of nitrogens with one attached hydrogen (secondary N) is 1. The van der Waals surface area contributed by atoms with Crippen molar-refractivity contribution in [2.45, 2.75) is 51.7 Å². The largest absolute Gasteiger partial charge is 0.486 e. The second-order valence-corrected chi connectivity index (χ2v) is 8.10. The number of nitrogens with zero attached hydrogens (tertiary/aromatic N) is 1. The van der Waals surface area contributed by atoms with Crippen molar-refractivity contribution in [2.75, 3.05) is 43.6 Å². The fourth-order valence-electron chi connectivity index (χ4n) is 4.04. The van der Waals surface area contributed by atoms with E-state index in [1.807, 2.05) is 18.2 Å². The van der Waals surface area contributed by atoms with Gasteiger partial charge in [0, 0.05) is 32.3 Å². The smallest absolute Gasteiger partial charge is 0.335 e. The minimum absolute atomic E-state index is 0.265. The summed E-state index contributed by atoms with van der Waals surface area (Å²) in [7, 11) is 1.54. The highest BCUT2D eigenvalue weighted by Crippen LogP contribution is 2.34. The second kappa shape index (κ2) is 12.3. The fourth-order valence-corrected chi connectivity index (χ4v) is 4.04. The first-order valence-electron chi connectivity index (χ1n) is 11.7. The zero-order valence-electron chi connectivity index (χ0n) is 19.5. The molecule has 3 rings (SSSR count). The van der Waals surface area contributed by atoms with E-state index in [0.717, 1.165) is 55.9 Å². The van der Waals surface area contributed by atoms with Gasteiger partial charge in [0.05, 0.1) is 18.8 Å². The van der Waals surface area contributed by atoms with Crippen LogP contribution >= 0.6 is 0 Å². The SMILES string of the molecule is CCCC1CN(CCCNc2ccc(C[C@H](OC)C(=O)OCC)cc2)c2ccccc2O1. The van der Waals surface area contributed by atoms with Gasteiger partial charge >= 0.3 is 5.97 Å². The molecule has 2 atom stereocenters. The monoisotopic (exact) mass is 440 g/mol. The first-order chi connectivity index (χ1) is 15.6. The summed E-state index contributed by atoms with van der Waals surface area (Å²) >= 11 is 0. The molecular weight excluding hydrogens is 404 g/mol. The number of fused-ring (bicyclic) bond motifs is 1. The molecule has 0 aliphatic carbocycles. The molecule has 6 heteroatoms. The molecule has 0 spiro atoms. The average Bonchev–Trinajstić information content (AvgIpc) is 2.81. The molecule has 174 valence electrons. The second-order valence-electron chi connectivity index (χ2n) is 8.10. The standard InChI is InChI=1S/C26H36N2O4/c1-4-9-22-19-28(23-10-6-7-11-24(23)32-22)17-8-16-27-21-14-12-20(13-15-21)18-25(30-3)26(29)31-5-2/h6-7,10-15,22,25,27H,4-5,8-9,16-19H2,1-3H3/t22?,25-/m0/s1. The Hall–Kier alpha value is -2.73. The number of benzene rings is 2. The van der Waals surface area contributed by atoms with Crippen molar-refractivity contribution in [3.05, 3.63) is 54.1 Å². The Labute approximate surface area is 191 Å². The van der Waals surface area contributed by atoms with Gasteiger partial charge in [-0.15, -0.1) is 0 Å². The van der Waals surface area contributed by atoms with E-state index in [1.165, 1.54) is 12.8 Å². The van der Waals surface area contributed by atoms with Crippen molar-refractivity contribution in [3.8, 4) is 5.75 Å². The topological polar surface area (TPSA) is 60.0 Å². The van der Waals surface area contributed by atoms with Crippen LogP contribution in [0, 0.1) is 0 Å². The molecule has 0 saturated carbocycles. The van der Waals surface area contributed by atoms with E-state index in [4.69, 9.17) is 14.2 Å². The third kappa shape index (κ3) is 6.63. The maximum Gasteiger partial charge on any atom is 0.335 e. The summed E-state index contributed by atoms with van der Waals surface area (Å²) in [4.78, 5) is 14.4. The van der Waals surface area contributed by atoms with E-state index in [2.05, 4.69) is 47.5 Å². The lowest BCUT2D eigenvalue weighted by Gasteiger charge is -2.36. The molecule has 32 heavy (non-hydrogen) atoms. The predicted molar refractivity (Wildman–Crippen MR) is 129 cm³/mol. The summed E-state index contributed by atoms with van der Waals surface area (Å²) in [6.45, 7) is 7.18. The lowest BCUT2D eigenvalue weighted by Crippen LogP contribution is -2.40. The average molecular weight is 441 g/mol. The molecule has 0 radical (unpaired) electrons. The van der Waals surface area contributed by atoms with E-state index in [9.17, 15) is 4.79 Å². The zero-order chi connectivity index (χ0) is 22.8. The minimum atomic E-state index is -0.568. The number of hydrogen-bond donors (Lipinski definition) is 1. The molecule has 0 bridgehead atoms. The van der Waals surface area contributed by atoms with E-state index >= 15 is 0 Å². The van der Waals surface area contributed by atoms with Crippen molar-refractivity contribution in [1.82, 2.24) is 0 Å². The number of carbonyl (C=O) groups excluding carboxylic acids is 1. The Morgan fingerprint density at radius 1 is 1.19 bits per heavy atom. The van der Waals surface area contributed by atoms with Gasteiger partial charge in [-0.2, -0.15) is 0 Å². The van der Waals surface area contributed by atoms with Crippen molar-refractivity contribution in [2.24, 2.45) is 0 Å². The van der Waals surface area contributed by atoms with E-state index in [-0.39, 0.29) is 12.1 Å². The van der Waals surface area contributed by atoms with Gasteiger partial charge < -0.3 is 24.4 Å². The van der Waals surface area contributed by atoms with Crippen LogP contribution in [0.1, 0.15) is 38.7 Å². The van der Waals surface area contributed by atoms with Gasteiger partial charge in [0.2, 0.25) is 0 Å². The van der Waals surface area contributed by atoms with Crippen molar-refractivity contribution in [3.63, 3.8) is 0 Å². The van der Waals surface area contributed by atoms with Gasteiger partial charge in [0.1, 0.15) is 11.9 Å². The molecule has 1 aliphatic heterocycles. The van der Waals surface area contributed by atoms with Crippen LogP contribution < -0.4 is 15.0 Å². The van der Waals surface area contributed by atoms with E-state index in [1.54, 1.807) is 6.92 Å². The van der Waals surface area contributed by atoms with Gasteiger partial charge in [-0.25, -0.2) is 4.79 Å². The fraction of sp³-hybridized carbons (Fsp3) is 0.500. The Bertz CT molecular complexity index is 840. The number of hydrogen-bond acceptors (Lipinski definition) is 6. The third-order valence-corrected chi connectivity index (χ3v) is 5.68. The Kier molecular flexibility index (Phi) is 9.23. The molecule has 0 saturated heterocycles. The van der Waals surface area contributed by atoms with Gasteiger partial charge in [-0.1, -0.05) is 37.6 Å².